The quantitative estimate of drug-likeness (QED) is 0.858. The minimum Gasteiger partial charge on any atom is -0.347 e. The van der Waals surface area contributed by atoms with Gasteiger partial charge in [0.25, 0.3) is 0 Å². The van der Waals surface area contributed by atoms with Crippen molar-refractivity contribution in [2.45, 2.75) is 38.6 Å². The van der Waals surface area contributed by atoms with E-state index in [0.717, 1.165) is 30.7 Å². The zero-order valence-corrected chi connectivity index (χ0v) is 11.6. The lowest BCUT2D eigenvalue weighted by Gasteiger charge is -2.21. The number of carbonyl (C=O) groups excluding carboxylic acids is 1. The lowest BCUT2D eigenvalue weighted by molar-refractivity contribution is -0.126. The van der Waals surface area contributed by atoms with E-state index in [0.29, 0.717) is 12.5 Å². The summed E-state index contributed by atoms with van der Waals surface area (Å²) in [6.07, 6.45) is 5.84. The third kappa shape index (κ3) is 2.90. The van der Waals surface area contributed by atoms with Crippen molar-refractivity contribution < 1.29 is 4.79 Å². The second-order valence-electron chi connectivity index (χ2n) is 4.87. The van der Waals surface area contributed by atoms with Crippen LogP contribution in [0.25, 0.3) is 0 Å². The van der Waals surface area contributed by atoms with Gasteiger partial charge in [-0.1, -0.05) is 13.3 Å². The molecule has 4 nitrogen and oxygen atoms in total. The van der Waals surface area contributed by atoms with Crippen LogP contribution < -0.4 is 11.1 Å². The maximum absolute atomic E-state index is 12.3. The van der Waals surface area contributed by atoms with Crippen LogP contribution in [-0.2, 0) is 4.79 Å². The number of nitrogens with zero attached hydrogens (tertiary/aromatic N) is 1. The van der Waals surface area contributed by atoms with E-state index >= 15 is 0 Å². The maximum atomic E-state index is 12.3. The summed E-state index contributed by atoms with van der Waals surface area (Å²) in [6, 6.07) is 0.0523. The molecule has 1 fully saturated rings. The molecule has 2 rings (SSSR count). The molecule has 0 aromatic carbocycles. The molecular formula is C13H21N3OS. The van der Waals surface area contributed by atoms with Crippen molar-refractivity contribution in [3.05, 3.63) is 16.6 Å². The Labute approximate surface area is 112 Å². The average molecular weight is 267 g/mol. The second kappa shape index (κ2) is 6.29. The van der Waals surface area contributed by atoms with Crippen molar-refractivity contribution in [1.82, 2.24) is 10.3 Å². The van der Waals surface area contributed by atoms with Gasteiger partial charge in [-0.2, -0.15) is 0 Å². The van der Waals surface area contributed by atoms with Gasteiger partial charge in [0.1, 0.15) is 5.01 Å². The fourth-order valence-corrected chi connectivity index (χ4v) is 3.46. The van der Waals surface area contributed by atoms with Crippen LogP contribution >= 0.6 is 11.3 Å². The number of hydrogen-bond donors (Lipinski definition) is 2. The summed E-state index contributed by atoms with van der Waals surface area (Å²) in [5.74, 6) is 0.618. The number of hydrogen-bond acceptors (Lipinski definition) is 4. The highest BCUT2D eigenvalue weighted by Gasteiger charge is 2.33. The normalized spacial score (nSPS) is 25.0. The SMILES string of the molecule is CCC(NC(=O)[C@@H]1CCC[C@@H]1CN)c1nccs1. The number of aromatic nitrogens is 1. The monoisotopic (exact) mass is 267 g/mol. The van der Waals surface area contributed by atoms with E-state index in [4.69, 9.17) is 5.73 Å². The summed E-state index contributed by atoms with van der Waals surface area (Å²) in [7, 11) is 0. The Balaban J connectivity index is 1.97. The van der Waals surface area contributed by atoms with Crippen LogP contribution in [0.4, 0.5) is 0 Å². The van der Waals surface area contributed by atoms with Gasteiger partial charge in [0.05, 0.1) is 6.04 Å². The van der Waals surface area contributed by atoms with Crippen LogP contribution in [0.5, 0.6) is 0 Å². The highest BCUT2D eigenvalue weighted by atomic mass is 32.1. The van der Waals surface area contributed by atoms with E-state index in [9.17, 15) is 4.79 Å². The van der Waals surface area contributed by atoms with Crippen molar-refractivity contribution in [3.63, 3.8) is 0 Å². The van der Waals surface area contributed by atoms with Gasteiger partial charge in [-0.15, -0.1) is 11.3 Å². The molecule has 1 aromatic rings. The average Bonchev–Trinajstić information content (AvgIpc) is 3.05. The standard InChI is InChI=1S/C13H21N3OS/c1-2-11(13-15-6-7-18-13)16-12(17)10-5-3-4-9(10)8-14/h6-7,9-11H,2-5,8,14H2,1H3,(H,16,17)/t9-,10-,11?/m1/s1. The van der Waals surface area contributed by atoms with Gasteiger partial charge in [0.2, 0.25) is 5.91 Å². The fraction of sp³-hybridized carbons (Fsp3) is 0.692. The van der Waals surface area contributed by atoms with Gasteiger partial charge >= 0.3 is 0 Å². The Morgan fingerprint density at radius 2 is 2.50 bits per heavy atom. The molecule has 1 unspecified atom stereocenters. The second-order valence-corrected chi connectivity index (χ2v) is 5.80. The van der Waals surface area contributed by atoms with Crippen LogP contribution in [0.1, 0.15) is 43.7 Å². The first-order chi connectivity index (χ1) is 8.76. The van der Waals surface area contributed by atoms with E-state index in [2.05, 4.69) is 17.2 Å². The molecule has 0 spiro atoms. The zero-order valence-electron chi connectivity index (χ0n) is 10.8. The third-order valence-corrected chi connectivity index (χ3v) is 4.66. The largest absolute Gasteiger partial charge is 0.347 e. The van der Waals surface area contributed by atoms with Crippen molar-refractivity contribution in [2.24, 2.45) is 17.6 Å². The summed E-state index contributed by atoms with van der Waals surface area (Å²) < 4.78 is 0. The smallest absolute Gasteiger partial charge is 0.223 e. The van der Waals surface area contributed by atoms with Gasteiger partial charge in [-0.3, -0.25) is 4.79 Å². The van der Waals surface area contributed by atoms with Crippen molar-refractivity contribution in [3.8, 4) is 0 Å². The first kappa shape index (κ1) is 13.5. The molecule has 3 N–H and O–H groups in total. The highest BCUT2D eigenvalue weighted by Crippen LogP contribution is 2.32. The Hall–Kier alpha value is -0.940. The zero-order chi connectivity index (χ0) is 13.0. The summed E-state index contributed by atoms with van der Waals surface area (Å²) in [5.41, 5.74) is 5.73. The molecular weight excluding hydrogens is 246 g/mol. The predicted molar refractivity (Wildman–Crippen MR) is 73.2 cm³/mol. The van der Waals surface area contributed by atoms with E-state index in [1.54, 1.807) is 17.5 Å². The molecule has 1 saturated carbocycles. The van der Waals surface area contributed by atoms with Crippen LogP contribution in [0.15, 0.2) is 11.6 Å². The molecule has 1 heterocycles. The number of nitrogens with two attached hydrogens (primary N) is 1. The van der Waals surface area contributed by atoms with Gasteiger partial charge in [0.15, 0.2) is 0 Å². The maximum Gasteiger partial charge on any atom is 0.223 e. The molecule has 1 aromatic heterocycles. The summed E-state index contributed by atoms with van der Waals surface area (Å²) in [6.45, 7) is 2.69. The first-order valence-corrected chi connectivity index (χ1v) is 7.54. The number of rotatable bonds is 5. The summed E-state index contributed by atoms with van der Waals surface area (Å²) >= 11 is 1.60. The Kier molecular flexibility index (Phi) is 4.72. The fourth-order valence-electron chi connectivity index (χ4n) is 2.69. The molecule has 0 aliphatic heterocycles. The Morgan fingerprint density at radius 1 is 1.67 bits per heavy atom. The number of nitrogens with one attached hydrogen (secondary N) is 1. The van der Waals surface area contributed by atoms with E-state index in [1.807, 2.05) is 5.38 Å². The lowest BCUT2D eigenvalue weighted by Crippen LogP contribution is -2.37. The van der Waals surface area contributed by atoms with Gasteiger partial charge < -0.3 is 11.1 Å². The summed E-state index contributed by atoms with van der Waals surface area (Å²) in [4.78, 5) is 16.6. The van der Waals surface area contributed by atoms with Gasteiger partial charge in [-0.25, -0.2) is 4.98 Å². The van der Waals surface area contributed by atoms with Crippen LogP contribution in [0.2, 0.25) is 0 Å². The van der Waals surface area contributed by atoms with Gasteiger partial charge in [0, 0.05) is 17.5 Å². The lowest BCUT2D eigenvalue weighted by atomic mass is 9.95. The van der Waals surface area contributed by atoms with E-state index < -0.39 is 0 Å². The van der Waals surface area contributed by atoms with Crippen molar-refractivity contribution >= 4 is 17.2 Å². The number of carbonyl (C=O) groups is 1. The summed E-state index contributed by atoms with van der Waals surface area (Å²) in [5, 5.41) is 6.07. The molecule has 1 aliphatic rings. The molecule has 1 amide bonds. The molecule has 0 radical (unpaired) electrons. The van der Waals surface area contributed by atoms with Crippen LogP contribution in [-0.4, -0.2) is 17.4 Å². The predicted octanol–water partition coefficient (Wildman–Crippen LogP) is 2.09. The van der Waals surface area contributed by atoms with Crippen LogP contribution in [0.3, 0.4) is 0 Å². The van der Waals surface area contributed by atoms with E-state index in [-0.39, 0.29) is 17.9 Å². The van der Waals surface area contributed by atoms with Crippen LogP contribution in [0, 0.1) is 11.8 Å². The minimum atomic E-state index is 0.0523. The van der Waals surface area contributed by atoms with E-state index in [1.165, 1.54) is 0 Å². The molecule has 3 atom stereocenters. The Morgan fingerprint density at radius 3 is 3.11 bits per heavy atom. The van der Waals surface area contributed by atoms with Crippen molar-refractivity contribution in [1.29, 1.82) is 0 Å². The molecule has 100 valence electrons. The number of amides is 1. The van der Waals surface area contributed by atoms with Gasteiger partial charge in [-0.05, 0) is 31.7 Å². The molecule has 5 heteroatoms. The molecule has 1 aliphatic carbocycles. The molecule has 0 saturated heterocycles. The molecule has 18 heavy (non-hydrogen) atoms. The van der Waals surface area contributed by atoms with Crippen molar-refractivity contribution in [2.75, 3.05) is 6.54 Å². The number of thiazole rings is 1. The third-order valence-electron chi connectivity index (χ3n) is 3.77. The Bertz CT molecular complexity index is 380. The minimum absolute atomic E-state index is 0.0523. The first-order valence-electron chi connectivity index (χ1n) is 6.66. The topological polar surface area (TPSA) is 68.0 Å². The molecule has 0 bridgehead atoms. The highest BCUT2D eigenvalue weighted by molar-refractivity contribution is 7.09.